The number of benzene rings is 8. The van der Waals surface area contributed by atoms with Crippen LogP contribution >= 0.6 is 0 Å². The van der Waals surface area contributed by atoms with Crippen molar-refractivity contribution in [2.75, 3.05) is 4.90 Å². The van der Waals surface area contributed by atoms with Gasteiger partial charge < -0.3 is 4.90 Å². The fourth-order valence-corrected chi connectivity index (χ4v) is 7.94. The zero-order chi connectivity index (χ0) is 32.2. The lowest BCUT2D eigenvalue weighted by Crippen LogP contribution is -2.23. The van der Waals surface area contributed by atoms with Gasteiger partial charge in [0.2, 0.25) is 0 Å². The van der Waals surface area contributed by atoms with Gasteiger partial charge in [0.1, 0.15) is 0 Å². The summed E-state index contributed by atoms with van der Waals surface area (Å²) in [7, 11) is 0. The molecule has 48 heavy (non-hydrogen) atoms. The van der Waals surface area contributed by atoms with Crippen LogP contribution in [0.2, 0.25) is 0 Å². The summed E-state index contributed by atoms with van der Waals surface area (Å²) in [6.07, 6.45) is 0. The van der Waals surface area contributed by atoms with Crippen molar-refractivity contribution in [3.8, 4) is 22.3 Å². The Hall–Kier alpha value is -5.92. The number of hydrogen-bond acceptors (Lipinski definition) is 1. The smallest absolute Gasteiger partial charge is 0.0543 e. The van der Waals surface area contributed by atoms with Crippen LogP contribution < -0.4 is 4.90 Å². The average molecular weight is 614 g/mol. The highest BCUT2D eigenvalue weighted by Crippen LogP contribution is 2.57. The molecule has 8 aromatic carbocycles. The molecule has 0 spiro atoms. The number of hydrogen-bond donors (Lipinski definition) is 0. The minimum atomic E-state index is -0.322. The molecule has 228 valence electrons. The Labute approximate surface area is 282 Å². The van der Waals surface area contributed by atoms with Crippen LogP contribution in [0, 0.1) is 6.92 Å². The molecule has 0 radical (unpaired) electrons. The molecule has 1 nitrogen and oxygen atoms in total. The first-order valence-corrected chi connectivity index (χ1v) is 16.8. The summed E-state index contributed by atoms with van der Waals surface area (Å²) >= 11 is 0. The highest BCUT2D eigenvalue weighted by atomic mass is 15.1. The van der Waals surface area contributed by atoms with Crippen molar-refractivity contribution in [2.45, 2.75) is 19.3 Å². The second kappa shape index (κ2) is 11.1. The number of fused-ring (bicyclic) bond motifs is 6. The zero-order valence-corrected chi connectivity index (χ0v) is 27.2. The van der Waals surface area contributed by atoms with Gasteiger partial charge in [0.15, 0.2) is 0 Å². The molecule has 0 heterocycles. The molecule has 0 saturated carbocycles. The molecule has 0 fully saturated rings. The number of rotatable bonds is 5. The van der Waals surface area contributed by atoms with Gasteiger partial charge in [0.05, 0.1) is 5.69 Å². The Morgan fingerprint density at radius 3 is 1.94 bits per heavy atom. The monoisotopic (exact) mass is 613 g/mol. The Morgan fingerprint density at radius 2 is 1.12 bits per heavy atom. The Balaban J connectivity index is 1.37. The highest BCUT2D eigenvalue weighted by molar-refractivity contribution is 6.10. The molecule has 0 bridgehead atoms. The second-order valence-corrected chi connectivity index (χ2v) is 13.2. The highest BCUT2D eigenvalue weighted by Gasteiger charge is 2.42. The summed E-state index contributed by atoms with van der Waals surface area (Å²) in [4.78, 5) is 2.47. The maximum absolute atomic E-state index is 2.49. The summed E-state index contributed by atoms with van der Waals surface area (Å²) < 4.78 is 0. The molecular weight excluding hydrogens is 579 g/mol. The predicted octanol–water partition coefficient (Wildman–Crippen LogP) is 12.8. The van der Waals surface area contributed by atoms with Gasteiger partial charge in [-0.3, -0.25) is 0 Å². The summed E-state index contributed by atoms with van der Waals surface area (Å²) in [5, 5.41) is 4.97. The van der Waals surface area contributed by atoms with Gasteiger partial charge in [-0.25, -0.2) is 0 Å². The molecule has 9 rings (SSSR count). The maximum Gasteiger partial charge on any atom is 0.0543 e. The first-order chi connectivity index (χ1) is 23.6. The van der Waals surface area contributed by atoms with Gasteiger partial charge in [-0.1, -0.05) is 151 Å². The van der Waals surface area contributed by atoms with Crippen LogP contribution in [0.5, 0.6) is 0 Å². The van der Waals surface area contributed by atoms with E-state index in [0.717, 1.165) is 11.4 Å². The first kappa shape index (κ1) is 28.3. The Kier molecular flexibility index (Phi) is 6.55. The molecule has 1 unspecified atom stereocenters. The molecule has 1 aliphatic carbocycles. The van der Waals surface area contributed by atoms with Crippen LogP contribution in [0.25, 0.3) is 43.8 Å². The van der Waals surface area contributed by atoms with Gasteiger partial charge in [0.25, 0.3) is 0 Å². The average Bonchev–Trinajstić information content (AvgIpc) is 3.40. The van der Waals surface area contributed by atoms with Gasteiger partial charge in [-0.15, -0.1) is 0 Å². The summed E-state index contributed by atoms with van der Waals surface area (Å²) in [5.41, 5.74) is 13.5. The number of nitrogens with zero attached hydrogens (tertiary/aromatic N) is 1. The van der Waals surface area contributed by atoms with Crippen LogP contribution in [0.4, 0.5) is 17.1 Å². The summed E-state index contributed by atoms with van der Waals surface area (Å²) in [5.74, 6) is 0. The molecule has 0 amide bonds. The molecule has 0 N–H and O–H groups in total. The lowest BCUT2D eigenvalue weighted by Gasteiger charge is -2.32. The van der Waals surface area contributed by atoms with E-state index >= 15 is 0 Å². The third-order valence-corrected chi connectivity index (χ3v) is 10.3. The van der Waals surface area contributed by atoms with Gasteiger partial charge in [-0.2, -0.15) is 0 Å². The minimum absolute atomic E-state index is 0.322. The van der Waals surface area contributed by atoms with E-state index in [-0.39, 0.29) is 5.41 Å². The van der Waals surface area contributed by atoms with Crippen molar-refractivity contribution in [3.05, 3.63) is 198 Å². The van der Waals surface area contributed by atoms with Gasteiger partial charge in [-0.05, 0) is 99.3 Å². The molecule has 1 aliphatic rings. The summed E-state index contributed by atoms with van der Waals surface area (Å²) in [6, 6.07) is 64.7. The quantitative estimate of drug-likeness (QED) is 0.187. The van der Waals surface area contributed by atoms with Crippen molar-refractivity contribution < 1.29 is 0 Å². The lowest BCUT2D eigenvalue weighted by molar-refractivity contribution is 0.713. The van der Waals surface area contributed by atoms with Crippen molar-refractivity contribution in [1.82, 2.24) is 0 Å². The van der Waals surface area contributed by atoms with Crippen LogP contribution in [-0.4, -0.2) is 0 Å². The van der Waals surface area contributed by atoms with E-state index in [1.165, 1.54) is 71.7 Å². The molecular formula is C47H35N. The zero-order valence-electron chi connectivity index (χ0n) is 27.2. The van der Waals surface area contributed by atoms with Crippen molar-refractivity contribution in [3.63, 3.8) is 0 Å². The van der Waals surface area contributed by atoms with Crippen LogP contribution in [0.3, 0.4) is 0 Å². The Morgan fingerprint density at radius 1 is 0.458 bits per heavy atom. The van der Waals surface area contributed by atoms with E-state index < -0.39 is 0 Å². The molecule has 8 aromatic rings. The normalized spacial score (nSPS) is 15.0. The maximum atomic E-state index is 2.49. The fraction of sp³-hybridized carbons (Fsp3) is 0.0638. The minimum Gasteiger partial charge on any atom is -0.310 e. The SMILES string of the molecule is Cc1ccc2c(c1)C(C)(c1ccccc1)c1cc(N(c3cccc(-c4ccccc4)c3)c3ccc4ccccc4c3)c3ccccc3c1-2. The second-order valence-electron chi connectivity index (χ2n) is 13.2. The van der Waals surface area contributed by atoms with E-state index in [9.17, 15) is 0 Å². The topological polar surface area (TPSA) is 3.24 Å². The fourth-order valence-electron chi connectivity index (χ4n) is 7.94. The number of anilines is 3. The van der Waals surface area contributed by atoms with Gasteiger partial charge in [0, 0.05) is 22.2 Å². The van der Waals surface area contributed by atoms with E-state index in [1.54, 1.807) is 0 Å². The first-order valence-electron chi connectivity index (χ1n) is 16.8. The van der Waals surface area contributed by atoms with Crippen molar-refractivity contribution >= 4 is 38.6 Å². The van der Waals surface area contributed by atoms with Crippen molar-refractivity contribution in [2.24, 2.45) is 0 Å². The van der Waals surface area contributed by atoms with Crippen LogP contribution in [0.1, 0.15) is 29.2 Å². The third kappa shape index (κ3) is 4.39. The predicted molar refractivity (Wildman–Crippen MR) is 204 cm³/mol. The molecule has 1 atom stereocenters. The molecule has 0 aromatic heterocycles. The number of aryl methyl sites for hydroxylation is 1. The molecule has 0 aliphatic heterocycles. The van der Waals surface area contributed by atoms with Gasteiger partial charge >= 0.3 is 0 Å². The lowest BCUT2D eigenvalue weighted by atomic mass is 9.73. The summed E-state index contributed by atoms with van der Waals surface area (Å²) in [6.45, 7) is 4.63. The van der Waals surface area contributed by atoms with E-state index in [0.29, 0.717) is 0 Å². The molecule has 0 saturated heterocycles. The van der Waals surface area contributed by atoms with E-state index in [2.05, 4.69) is 195 Å². The van der Waals surface area contributed by atoms with Crippen LogP contribution in [-0.2, 0) is 5.41 Å². The van der Waals surface area contributed by atoms with Crippen molar-refractivity contribution in [1.29, 1.82) is 0 Å². The molecule has 1 heteroatoms. The van der Waals surface area contributed by atoms with E-state index in [4.69, 9.17) is 0 Å². The van der Waals surface area contributed by atoms with Crippen LogP contribution in [0.15, 0.2) is 176 Å². The standard InChI is InChI=1S/C47H35N/c1-32-24-27-42-43(28-32)47(2,37-19-7-4-8-20-37)44-31-45(40-22-11-12-23-41(40)46(42)44)48(39-26-25-34-16-9-10-17-35(34)30-39)38-21-13-18-36(29-38)33-14-5-3-6-15-33/h3-31H,1-2H3. The third-order valence-electron chi connectivity index (χ3n) is 10.3. The van der Waals surface area contributed by atoms with E-state index in [1.807, 2.05) is 0 Å². The Bertz CT molecular complexity index is 2480. The largest absolute Gasteiger partial charge is 0.310 e.